The van der Waals surface area contributed by atoms with Gasteiger partial charge in [-0.2, -0.15) is 0 Å². The van der Waals surface area contributed by atoms with Crippen molar-refractivity contribution in [1.82, 2.24) is 15.1 Å². The van der Waals surface area contributed by atoms with Crippen LogP contribution in [0.15, 0.2) is 60.7 Å². The van der Waals surface area contributed by atoms with E-state index in [0.29, 0.717) is 36.5 Å². The van der Waals surface area contributed by atoms with Crippen LogP contribution in [-0.4, -0.2) is 39.5 Å². The van der Waals surface area contributed by atoms with Crippen molar-refractivity contribution in [3.8, 4) is 22.4 Å². The summed E-state index contributed by atoms with van der Waals surface area (Å²) in [4.78, 5) is 27.1. The van der Waals surface area contributed by atoms with Crippen LogP contribution in [0, 0.1) is 5.92 Å². The van der Waals surface area contributed by atoms with Crippen molar-refractivity contribution < 1.29 is 9.59 Å². The minimum Gasteiger partial charge on any atom is -0.340 e. The topological polar surface area (TPSA) is 101 Å². The summed E-state index contributed by atoms with van der Waals surface area (Å²) in [7, 11) is 0. The Labute approximate surface area is 224 Å². The maximum absolute atomic E-state index is 12.9. The van der Waals surface area contributed by atoms with Crippen LogP contribution in [0.1, 0.15) is 64.4 Å². The van der Waals surface area contributed by atoms with Crippen molar-refractivity contribution in [1.29, 1.82) is 0 Å². The van der Waals surface area contributed by atoms with Crippen LogP contribution in [0.2, 0.25) is 0 Å². The van der Waals surface area contributed by atoms with Crippen molar-refractivity contribution >= 4 is 17.6 Å². The van der Waals surface area contributed by atoms with E-state index in [1.54, 1.807) is 0 Å². The zero-order valence-corrected chi connectivity index (χ0v) is 22.3. The molecule has 1 aromatic heterocycles. The van der Waals surface area contributed by atoms with Gasteiger partial charge in [0.15, 0.2) is 5.82 Å². The van der Waals surface area contributed by atoms with Gasteiger partial charge in [0.05, 0.1) is 0 Å². The van der Waals surface area contributed by atoms with Gasteiger partial charge in [-0.05, 0) is 69.1 Å². The first-order valence-corrected chi connectivity index (χ1v) is 13.7. The van der Waals surface area contributed by atoms with Crippen molar-refractivity contribution in [2.24, 2.45) is 11.7 Å². The lowest BCUT2D eigenvalue weighted by molar-refractivity contribution is -0.130. The predicted molar refractivity (Wildman–Crippen MR) is 150 cm³/mol. The Hall–Kier alpha value is -3.58. The summed E-state index contributed by atoms with van der Waals surface area (Å²) >= 11 is 0. The first-order chi connectivity index (χ1) is 18.3. The summed E-state index contributed by atoms with van der Waals surface area (Å²) in [5.74, 6) is 1.03. The Balaban J connectivity index is 1.28. The second-order valence-corrected chi connectivity index (χ2v) is 11.3. The average molecular weight is 512 g/mol. The van der Waals surface area contributed by atoms with E-state index in [1.165, 1.54) is 0 Å². The zero-order chi connectivity index (χ0) is 26.7. The lowest BCUT2D eigenvalue weighted by atomic mass is 9.83. The first kappa shape index (κ1) is 26.0. The zero-order valence-electron chi connectivity index (χ0n) is 22.3. The van der Waals surface area contributed by atoms with Gasteiger partial charge in [-0.1, -0.05) is 54.6 Å². The van der Waals surface area contributed by atoms with Crippen LogP contribution in [0.25, 0.3) is 22.4 Å². The number of benzene rings is 2. The molecule has 0 radical (unpaired) electrons. The third-order valence-corrected chi connectivity index (χ3v) is 7.89. The minimum atomic E-state index is -0.425. The molecule has 1 saturated heterocycles. The third kappa shape index (κ3) is 5.94. The number of nitrogens with two attached hydrogens (primary N) is 1. The maximum Gasteiger partial charge on any atom is 0.225 e. The van der Waals surface area contributed by atoms with Crippen LogP contribution < -0.4 is 11.1 Å². The molecule has 198 valence electrons. The molecule has 1 aliphatic carbocycles. The third-order valence-electron chi connectivity index (χ3n) is 7.89. The fraction of sp³-hybridized carbons (Fsp3) is 0.419. The first-order valence-electron chi connectivity index (χ1n) is 13.7. The molecule has 0 bridgehead atoms. The van der Waals surface area contributed by atoms with Gasteiger partial charge >= 0.3 is 0 Å². The fourth-order valence-electron chi connectivity index (χ4n) is 5.73. The van der Waals surface area contributed by atoms with E-state index >= 15 is 0 Å². The van der Waals surface area contributed by atoms with Crippen LogP contribution in [0.4, 0.5) is 5.82 Å². The quantitative estimate of drug-likeness (QED) is 0.435. The Kier molecular flexibility index (Phi) is 7.56. The van der Waals surface area contributed by atoms with Gasteiger partial charge in [0, 0.05) is 42.1 Å². The van der Waals surface area contributed by atoms with Gasteiger partial charge in [-0.3, -0.25) is 9.59 Å². The van der Waals surface area contributed by atoms with E-state index in [-0.39, 0.29) is 5.91 Å². The summed E-state index contributed by atoms with van der Waals surface area (Å²) in [6, 6.07) is 20.4. The molecule has 1 aliphatic heterocycles. The minimum absolute atomic E-state index is 0.0405. The monoisotopic (exact) mass is 511 g/mol. The Morgan fingerprint density at radius 1 is 1.00 bits per heavy atom. The number of nitrogens with one attached hydrogen (secondary N) is 1. The number of anilines is 1. The molecule has 2 aliphatic rings. The molecule has 2 heterocycles. The Bertz CT molecular complexity index is 1280. The number of hydrogen-bond acceptors (Lipinski definition) is 5. The molecule has 0 spiro atoms. The fourth-order valence-corrected chi connectivity index (χ4v) is 5.73. The lowest BCUT2D eigenvalue weighted by Gasteiger charge is -2.34. The van der Waals surface area contributed by atoms with Crippen LogP contribution in [0.3, 0.4) is 0 Å². The summed E-state index contributed by atoms with van der Waals surface area (Å²) < 4.78 is 0. The van der Waals surface area contributed by atoms with E-state index in [4.69, 9.17) is 5.73 Å². The van der Waals surface area contributed by atoms with Gasteiger partial charge in [0.1, 0.15) is 5.69 Å². The predicted octanol–water partition coefficient (Wildman–Crippen LogP) is 5.51. The molecule has 2 aromatic carbocycles. The number of hydrogen-bond donors (Lipinski definition) is 2. The second kappa shape index (κ2) is 11.0. The molecule has 38 heavy (non-hydrogen) atoms. The summed E-state index contributed by atoms with van der Waals surface area (Å²) in [6.07, 6.45) is 6.02. The summed E-state index contributed by atoms with van der Waals surface area (Å²) in [5.41, 5.74) is 10.5. The van der Waals surface area contributed by atoms with Crippen LogP contribution in [-0.2, 0) is 15.1 Å². The largest absolute Gasteiger partial charge is 0.340 e. The highest BCUT2D eigenvalue weighted by Crippen LogP contribution is 2.34. The number of aromatic nitrogens is 2. The van der Waals surface area contributed by atoms with Crippen molar-refractivity contribution in [3.05, 3.63) is 66.2 Å². The van der Waals surface area contributed by atoms with Gasteiger partial charge in [0.25, 0.3) is 0 Å². The number of nitrogens with zero attached hydrogens (tertiary/aromatic N) is 3. The molecule has 1 saturated carbocycles. The van der Waals surface area contributed by atoms with E-state index in [0.717, 1.165) is 66.6 Å². The summed E-state index contributed by atoms with van der Waals surface area (Å²) in [6.45, 7) is 4.85. The molecule has 2 fully saturated rings. The SMILES string of the molecule is CC(C)(N)c1ccc(-c2nnc(NC(=O)CC3CCC(N4CCCC4=O)CC3)cc2-c2ccccc2)cc1. The van der Waals surface area contributed by atoms with Crippen LogP contribution >= 0.6 is 0 Å². The maximum atomic E-state index is 12.9. The molecule has 7 heteroatoms. The van der Waals surface area contributed by atoms with E-state index in [1.807, 2.05) is 74.5 Å². The van der Waals surface area contributed by atoms with Gasteiger partial charge in [-0.15, -0.1) is 10.2 Å². The number of amides is 2. The molecular formula is C31H37N5O2. The highest BCUT2D eigenvalue weighted by atomic mass is 16.2. The van der Waals surface area contributed by atoms with E-state index in [2.05, 4.69) is 20.4 Å². The number of rotatable bonds is 7. The lowest BCUT2D eigenvalue weighted by Crippen LogP contribution is -2.39. The van der Waals surface area contributed by atoms with Gasteiger partial charge in [0.2, 0.25) is 11.8 Å². The van der Waals surface area contributed by atoms with Crippen molar-refractivity contribution in [2.45, 2.75) is 70.4 Å². The van der Waals surface area contributed by atoms with Crippen molar-refractivity contribution in [2.75, 3.05) is 11.9 Å². The number of carbonyl (C=O) groups is 2. The molecule has 5 rings (SSSR count). The smallest absolute Gasteiger partial charge is 0.225 e. The Morgan fingerprint density at radius 2 is 1.71 bits per heavy atom. The van der Waals surface area contributed by atoms with Gasteiger partial charge in [-0.25, -0.2) is 0 Å². The van der Waals surface area contributed by atoms with Crippen molar-refractivity contribution in [3.63, 3.8) is 0 Å². The molecular weight excluding hydrogens is 474 g/mol. The average Bonchev–Trinajstić information content (AvgIpc) is 3.35. The molecule has 0 unspecified atom stereocenters. The molecule has 2 amide bonds. The molecule has 3 aromatic rings. The Morgan fingerprint density at radius 3 is 2.34 bits per heavy atom. The van der Waals surface area contributed by atoms with Crippen LogP contribution in [0.5, 0.6) is 0 Å². The van der Waals surface area contributed by atoms with E-state index in [9.17, 15) is 9.59 Å². The second-order valence-electron chi connectivity index (χ2n) is 11.3. The number of carbonyl (C=O) groups excluding carboxylic acids is 2. The highest BCUT2D eigenvalue weighted by molar-refractivity contribution is 5.91. The molecule has 7 nitrogen and oxygen atoms in total. The normalized spacial score (nSPS) is 20.0. The highest BCUT2D eigenvalue weighted by Gasteiger charge is 2.32. The summed E-state index contributed by atoms with van der Waals surface area (Å²) in [5, 5.41) is 11.9. The molecule has 3 N–H and O–H groups in total. The number of likely N-dealkylation sites (tertiary alicyclic amines) is 1. The standard InChI is InChI=1S/C31H37N5O2/c1-31(2,32)24-14-12-23(13-15-24)30-26(22-7-4-3-5-8-22)20-27(34-35-30)33-28(37)19-21-10-16-25(17-11-21)36-18-6-9-29(36)38/h3-5,7-8,12-15,20-21,25H,6,9-11,16-19,32H2,1-2H3,(H,33,34,37). The molecule has 0 atom stereocenters. The van der Waals surface area contributed by atoms with E-state index < -0.39 is 5.54 Å². The van der Waals surface area contributed by atoms with Gasteiger partial charge < -0.3 is 16.0 Å².